The first-order valence-electron chi connectivity index (χ1n) is 10.7. The first kappa shape index (κ1) is 25.5. The Balaban J connectivity index is 1.52. The molecule has 4 rings (SSSR count). The van der Waals surface area contributed by atoms with Crippen LogP contribution in [0.3, 0.4) is 0 Å². The van der Waals surface area contributed by atoms with Crippen LogP contribution < -0.4 is 14.8 Å². The van der Waals surface area contributed by atoms with Crippen molar-refractivity contribution in [2.45, 2.75) is 20.5 Å². The first-order chi connectivity index (χ1) is 16.8. The summed E-state index contributed by atoms with van der Waals surface area (Å²) in [5.41, 5.74) is 3.25. The van der Waals surface area contributed by atoms with Gasteiger partial charge in [-0.15, -0.1) is 0 Å². The van der Waals surface area contributed by atoms with Crippen molar-refractivity contribution in [3.8, 4) is 11.5 Å². The van der Waals surface area contributed by atoms with Gasteiger partial charge in [0, 0.05) is 5.02 Å². The van der Waals surface area contributed by atoms with Gasteiger partial charge in [0.1, 0.15) is 6.61 Å². The van der Waals surface area contributed by atoms with Gasteiger partial charge in [-0.05, 0) is 84.8 Å². The molecule has 1 fully saturated rings. The zero-order valence-corrected chi connectivity index (χ0v) is 22.0. The zero-order valence-electron chi connectivity index (χ0n) is 18.9. The standard InChI is InChI=1S/C26H21Cl3N2O3S/c1-3-33-23-12-16(8-10-22(23)34-14-17-7-9-19(28)20(29)11-17)13-24-25(32)31-26(35-24)30-21-6-4-5-18(27)15(21)2/h4-13H,3,14H2,1-2H3,(H,30,31,32)/b24-13+. The monoisotopic (exact) mass is 546 g/mol. The van der Waals surface area contributed by atoms with Crippen LogP contribution >= 0.6 is 46.6 Å². The van der Waals surface area contributed by atoms with Crippen LogP contribution in [0.2, 0.25) is 15.1 Å². The highest BCUT2D eigenvalue weighted by Gasteiger charge is 2.24. The van der Waals surface area contributed by atoms with E-state index < -0.39 is 0 Å². The van der Waals surface area contributed by atoms with Crippen LogP contribution in [0.25, 0.3) is 6.08 Å². The van der Waals surface area contributed by atoms with E-state index in [1.54, 1.807) is 24.3 Å². The van der Waals surface area contributed by atoms with Crippen LogP contribution in [0.1, 0.15) is 23.6 Å². The minimum Gasteiger partial charge on any atom is -0.490 e. The Morgan fingerprint density at radius 1 is 0.971 bits per heavy atom. The molecule has 1 saturated heterocycles. The van der Waals surface area contributed by atoms with Crippen molar-refractivity contribution in [3.05, 3.63) is 91.3 Å². The van der Waals surface area contributed by atoms with Crippen molar-refractivity contribution >= 4 is 69.4 Å². The molecule has 1 amide bonds. The largest absolute Gasteiger partial charge is 0.490 e. The van der Waals surface area contributed by atoms with Gasteiger partial charge in [0.2, 0.25) is 0 Å². The van der Waals surface area contributed by atoms with E-state index >= 15 is 0 Å². The Morgan fingerprint density at radius 3 is 2.57 bits per heavy atom. The highest BCUT2D eigenvalue weighted by atomic mass is 35.5. The van der Waals surface area contributed by atoms with Crippen LogP contribution in [0.15, 0.2) is 64.5 Å². The summed E-state index contributed by atoms with van der Waals surface area (Å²) in [6.07, 6.45) is 1.79. The molecule has 0 saturated carbocycles. The molecule has 1 heterocycles. The quantitative estimate of drug-likeness (QED) is 0.306. The van der Waals surface area contributed by atoms with Crippen molar-refractivity contribution in [3.63, 3.8) is 0 Å². The van der Waals surface area contributed by atoms with E-state index in [2.05, 4.69) is 10.3 Å². The summed E-state index contributed by atoms with van der Waals surface area (Å²) in [6, 6.07) is 16.4. The van der Waals surface area contributed by atoms with Gasteiger partial charge >= 0.3 is 0 Å². The van der Waals surface area contributed by atoms with E-state index in [1.165, 1.54) is 11.8 Å². The van der Waals surface area contributed by atoms with Crippen molar-refractivity contribution in [2.75, 3.05) is 6.61 Å². The third kappa shape index (κ3) is 6.33. The molecule has 0 atom stereocenters. The van der Waals surface area contributed by atoms with E-state index in [1.807, 2.05) is 50.2 Å². The zero-order chi connectivity index (χ0) is 24.9. The lowest BCUT2D eigenvalue weighted by atomic mass is 10.2. The van der Waals surface area contributed by atoms with Crippen molar-refractivity contribution < 1.29 is 14.3 Å². The number of nitrogens with zero attached hydrogens (tertiary/aromatic N) is 1. The molecule has 1 aliphatic rings. The number of rotatable bonds is 7. The SMILES string of the molecule is CCOc1cc(/C=C2/SC(=Nc3cccc(Cl)c3C)NC2=O)ccc1OCc1ccc(Cl)c(Cl)c1. The van der Waals surface area contributed by atoms with E-state index in [9.17, 15) is 4.79 Å². The second kappa shape index (κ2) is 11.4. The predicted octanol–water partition coefficient (Wildman–Crippen LogP) is 7.82. The molecule has 0 bridgehead atoms. The molecule has 0 radical (unpaired) electrons. The number of carbonyl (C=O) groups is 1. The molecule has 9 heteroatoms. The van der Waals surface area contributed by atoms with Gasteiger partial charge in [-0.1, -0.05) is 53.0 Å². The molecule has 1 N–H and O–H groups in total. The summed E-state index contributed by atoms with van der Waals surface area (Å²) in [7, 11) is 0. The van der Waals surface area contributed by atoms with Crippen molar-refractivity contribution in [1.29, 1.82) is 0 Å². The first-order valence-corrected chi connectivity index (χ1v) is 12.7. The minimum absolute atomic E-state index is 0.216. The van der Waals surface area contributed by atoms with Crippen molar-refractivity contribution in [2.24, 2.45) is 4.99 Å². The number of halogens is 3. The van der Waals surface area contributed by atoms with Crippen molar-refractivity contribution in [1.82, 2.24) is 5.32 Å². The second-order valence-corrected chi connectivity index (χ2v) is 9.79. The maximum Gasteiger partial charge on any atom is 0.264 e. The molecule has 35 heavy (non-hydrogen) atoms. The van der Waals surface area contributed by atoms with E-state index in [0.29, 0.717) is 55.5 Å². The van der Waals surface area contributed by atoms with E-state index in [4.69, 9.17) is 44.3 Å². The van der Waals surface area contributed by atoms with E-state index in [-0.39, 0.29) is 5.91 Å². The van der Waals surface area contributed by atoms with Gasteiger partial charge in [0.05, 0.1) is 27.2 Å². The number of hydrogen-bond donors (Lipinski definition) is 1. The molecule has 5 nitrogen and oxygen atoms in total. The number of benzene rings is 3. The number of amidine groups is 1. The molecular weight excluding hydrogens is 527 g/mol. The minimum atomic E-state index is -0.216. The Morgan fingerprint density at radius 2 is 1.80 bits per heavy atom. The summed E-state index contributed by atoms with van der Waals surface area (Å²) >= 11 is 19.5. The fourth-order valence-electron chi connectivity index (χ4n) is 3.25. The average molecular weight is 548 g/mol. The van der Waals surface area contributed by atoms with Crippen LogP contribution in [-0.4, -0.2) is 17.7 Å². The van der Waals surface area contributed by atoms with Gasteiger partial charge < -0.3 is 14.8 Å². The lowest BCUT2D eigenvalue weighted by Crippen LogP contribution is -2.19. The Bertz CT molecular complexity index is 1340. The smallest absolute Gasteiger partial charge is 0.264 e. The third-order valence-corrected chi connectivity index (χ3v) is 7.11. The maximum atomic E-state index is 12.5. The average Bonchev–Trinajstić information content (AvgIpc) is 3.17. The van der Waals surface area contributed by atoms with Crippen LogP contribution in [0.5, 0.6) is 11.5 Å². The Labute approximate surface area is 223 Å². The fraction of sp³-hybridized carbons (Fsp3) is 0.154. The highest BCUT2D eigenvalue weighted by Crippen LogP contribution is 2.34. The van der Waals surface area contributed by atoms with E-state index in [0.717, 1.165) is 16.7 Å². The molecule has 180 valence electrons. The maximum absolute atomic E-state index is 12.5. The molecular formula is C26H21Cl3N2O3S. The number of carbonyl (C=O) groups excluding carboxylic acids is 1. The predicted molar refractivity (Wildman–Crippen MR) is 145 cm³/mol. The van der Waals surface area contributed by atoms with Gasteiger partial charge in [-0.2, -0.15) is 0 Å². The highest BCUT2D eigenvalue weighted by molar-refractivity contribution is 8.18. The molecule has 1 aliphatic heterocycles. The molecule has 0 unspecified atom stereocenters. The number of aliphatic imine (C=N–C) groups is 1. The van der Waals surface area contributed by atoms with Gasteiger partial charge in [-0.25, -0.2) is 4.99 Å². The summed E-state index contributed by atoms with van der Waals surface area (Å²) in [5.74, 6) is 0.947. The molecule has 0 spiro atoms. The van der Waals surface area contributed by atoms with Gasteiger partial charge in [-0.3, -0.25) is 4.79 Å². The third-order valence-electron chi connectivity index (χ3n) is 5.06. The number of hydrogen-bond acceptors (Lipinski definition) is 5. The fourth-order valence-corrected chi connectivity index (χ4v) is 4.58. The lowest BCUT2D eigenvalue weighted by molar-refractivity contribution is -0.115. The number of amides is 1. The van der Waals surface area contributed by atoms with Crippen LogP contribution in [0, 0.1) is 6.92 Å². The lowest BCUT2D eigenvalue weighted by Gasteiger charge is -2.13. The summed E-state index contributed by atoms with van der Waals surface area (Å²) in [5, 5.41) is 4.89. The molecule has 3 aromatic rings. The Kier molecular flexibility index (Phi) is 8.29. The van der Waals surface area contributed by atoms with Crippen LogP contribution in [-0.2, 0) is 11.4 Å². The summed E-state index contributed by atoms with van der Waals surface area (Å²) in [6.45, 7) is 4.56. The topological polar surface area (TPSA) is 59.9 Å². The number of nitrogens with one attached hydrogen (secondary N) is 1. The Hall–Kier alpha value is -2.64. The van der Waals surface area contributed by atoms with Gasteiger partial charge in [0.15, 0.2) is 16.7 Å². The molecule has 0 aromatic heterocycles. The molecule has 0 aliphatic carbocycles. The number of thioether (sulfide) groups is 1. The van der Waals surface area contributed by atoms with Crippen LogP contribution in [0.4, 0.5) is 5.69 Å². The molecule has 3 aromatic carbocycles. The number of ether oxygens (including phenoxy) is 2. The van der Waals surface area contributed by atoms with Gasteiger partial charge in [0.25, 0.3) is 5.91 Å². The normalized spacial score (nSPS) is 15.5. The second-order valence-electron chi connectivity index (χ2n) is 7.54. The summed E-state index contributed by atoms with van der Waals surface area (Å²) < 4.78 is 11.7. The summed E-state index contributed by atoms with van der Waals surface area (Å²) in [4.78, 5) is 17.6.